The molecule has 0 heterocycles. The highest BCUT2D eigenvalue weighted by atomic mass is 16.4. The number of nitrogens with zero attached hydrogens (tertiary/aromatic N) is 1. The number of carbonyl (C=O) groups is 2. The molecule has 2 amide bonds. The van der Waals surface area contributed by atoms with E-state index in [1.807, 2.05) is 0 Å². The maximum absolute atomic E-state index is 11.9. The van der Waals surface area contributed by atoms with Crippen molar-refractivity contribution in [1.82, 2.24) is 10.2 Å². The number of urea groups is 1. The molecule has 116 valence electrons. The summed E-state index contributed by atoms with van der Waals surface area (Å²) in [6.45, 7) is 2.37. The fraction of sp³-hybridized carbons (Fsp3) is 0.857. The van der Waals surface area contributed by atoms with Crippen LogP contribution in [0.4, 0.5) is 4.79 Å². The standard InChI is InChI=1S/C14H26N2O4/c1-3-10-4-6-11(7-5-10)16(2)14(20)15-9-8-12(17)13(18)19/h10-12,17H,3-9H2,1-2H3,(H,15,20)(H,18,19). The smallest absolute Gasteiger partial charge is 0.332 e. The van der Waals surface area contributed by atoms with Gasteiger partial charge in [-0.05, 0) is 31.6 Å². The Kier molecular flexibility index (Phi) is 6.78. The van der Waals surface area contributed by atoms with Crippen LogP contribution in [0, 0.1) is 5.92 Å². The number of carboxylic acid groups (broad SMARTS) is 1. The SMILES string of the molecule is CCC1CCC(N(C)C(=O)NCCC(O)C(=O)O)CC1. The summed E-state index contributed by atoms with van der Waals surface area (Å²) < 4.78 is 0. The van der Waals surface area contributed by atoms with Crippen LogP contribution in [-0.4, -0.2) is 52.9 Å². The fourth-order valence-electron chi connectivity index (χ4n) is 2.67. The van der Waals surface area contributed by atoms with E-state index in [9.17, 15) is 9.59 Å². The van der Waals surface area contributed by atoms with Gasteiger partial charge in [0.15, 0.2) is 6.10 Å². The summed E-state index contributed by atoms with van der Waals surface area (Å²) in [6, 6.07) is 0.0738. The number of aliphatic hydroxyl groups excluding tert-OH is 1. The van der Waals surface area contributed by atoms with E-state index in [1.54, 1.807) is 11.9 Å². The van der Waals surface area contributed by atoms with E-state index < -0.39 is 12.1 Å². The first-order valence-corrected chi connectivity index (χ1v) is 7.37. The van der Waals surface area contributed by atoms with Crippen LogP contribution in [0.3, 0.4) is 0 Å². The lowest BCUT2D eigenvalue weighted by molar-refractivity contribution is -0.146. The van der Waals surface area contributed by atoms with E-state index >= 15 is 0 Å². The number of carboxylic acids is 1. The van der Waals surface area contributed by atoms with Crippen LogP contribution in [-0.2, 0) is 4.79 Å². The maximum atomic E-state index is 11.9. The van der Waals surface area contributed by atoms with Crippen molar-refractivity contribution in [2.24, 2.45) is 5.92 Å². The van der Waals surface area contributed by atoms with Gasteiger partial charge in [0.25, 0.3) is 0 Å². The Labute approximate surface area is 120 Å². The molecule has 0 saturated heterocycles. The molecule has 3 N–H and O–H groups in total. The number of aliphatic hydroxyl groups is 1. The first kappa shape index (κ1) is 16.8. The Bertz CT molecular complexity index is 327. The predicted molar refractivity (Wildman–Crippen MR) is 75.5 cm³/mol. The minimum absolute atomic E-state index is 0.0253. The van der Waals surface area contributed by atoms with Gasteiger partial charge in [-0.3, -0.25) is 0 Å². The van der Waals surface area contributed by atoms with E-state index in [1.165, 1.54) is 6.42 Å². The van der Waals surface area contributed by atoms with Crippen molar-refractivity contribution in [3.05, 3.63) is 0 Å². The van der Waals surface area contributed by atoms with Gasteiger partial charge in [0.2, 0.25) is 0 Å². The molecule has 1 aliphatic rings. The Morgan fingerprint density at radius 1 is 1.30 bits per heavy atom. The number of carbonyl (C=O) groups excluding carboxylic acids is 1. The third-order valence-electron chi connectivity index (χ3n) is 4.24. The van der Waals surface area contributed by atoms with E-state index in [-0.39, 0.29) is 25.0 Å². The summed E-state index contributed by atoms with van der Waals surface area (Å²) in [4.78, 5) is 24.1. The molecule has 6 heteroatoms. The molecular formula is C14H26N2O4. The summed E-state index contributed by atoms with van der Waals surface area (Å²) in [7, 11) is 1.78. The van der Waals surface area contributed by atoms with Crippen molar-refractivity contribution in [3.8, 4) is 0 Å². The van der Waals surface area contributed by atoms with Crippen molar-refractivity contribution < 1.29 is 19.8 Å². The van der Waals surface area contributed by atoms with Gasteiger partial charge in [0.1, 0.15) is 0 Å². The van der Waals surface area contributed by atoms with E-state index in [0.29, 0.717) is 0 Å². The largest absolute Gasteiger partial charge is 0.479 e. The normalized spacial score (nSPS) is 23.9. The Balaban J connectivity index is 2.27. The number of amides is 2. The molecule has 6 nitrogen and oxygen atoms in total. The molecule has 0 bridgehead atoms. The van der Waals surface area contributed by atoms with Gasteiger partial charge >= 0.3 is 12.0 Å². The number of hydrogen-bond donors (Lipinski definition) is 3. The zero-order chi connectivity index (χ0) is 15.1. The molecule has 1 atom stereocenters. The van der Waals surface area contributed by atoms with Crippen molar-refractivity contribution in [2.45, 2.75) is 57.6 Å². The Hall–Kier alpha value is -1.30. The zero-order valence-electron chi connectivity index (χ0n) is 12.3. The van der Waals surface area contributed by atoms with Crippen molar-refractivity contribution in [3.63, 3.8) is 0 Å². The minimum atomic E-state index is -1.42. The molecule has 20 heavy (non-hydrogen) atoms. The van der Waals surface area contributed by atoms with Crippen LogP contribution in [0.2, 0.25) is 0 Å². The molecule has 1 fully saturated rings. The second kappa shape index (κ2) is 8.09. The molecule has 1 aliphatic carbocycles. The maximum Gasteiger partial charge on any atom is 0.332 e. The molecule has 0 aromatic rings. The monoisotopic (exact) mass is 286 g/mol. The number of nitrogens with one attached hydrogen (secondary N) is 1. The number of rotatable bonds is 6. The molecule has 1 rings (SSSR count). The first-order chi connectivity index (χ1) is 9.45. The lowest BCUT2D eigenvalue weighted by Crippen LogP contribution is -2.45. The molecular weight excluding hydrogens is 260 g/mol. The lowest BCUT2D eigenvalue weighted by Gasteiger charge is -2.34. The second-order valence-corrected chi connectivity index (χ2v) is 5.57. The molecule has 0 aromatic carbocycles. The van der Waals surface area contributed by atoms with E-state index in [4.69, 9.17) is 10.2 Å². The molecule has 0 aliphatic heterocycles. The average molecular weight is 286 g/mol. The highest BCUT2D eigenvalue weighted by Gasteiger charge is 2.25. The number of aliphatic carboxylic acids is 1. The average Bonchev–Trinajstić information content (AvgIpc) is 2.46. The van der Waals surface area contributed by atoms with E-state index in [0.717, 1.165) is 31.6 Å². The van der Waals surface area contributed by atoms with Gasteiger partial charge in [0.05, 0.1) is 0 Å². The Morgan fingerprint density at radius 2 is 1.90 bits per heavy atom. The van der Waals surface area contributed by atoms with E-state index in [2.05, 4.69) is 12.2 Å². The second-order valence-electron chi connectivity index (χ2n) is 5.57. The quantitative estimate of drug-likeness (QED) is 0.689. The molecule has 1 unspecified atom stereocenters. The summed E-state index contributed by atoms with van der Waals surface area (Å²) in [5, 5.41) is 20.3. The Morgan fingerprint density at radius 3 is 2.40 bits per heavy atom. The summed E-state index contributed by atoms with van der Waals surface area (Å²) in [5.74, 6) is -0.473. The van der Waals surface area contributed by atoms with Gasteiger partial charge in [-0.1, -0.05) is 13.3 Å². The highest BCUT2D eigenvalue weighted by Crippen LogP contribution is 2.28. The molecule has 0 spiro atoms. The molecule has 0 radical (unpaired) electrons. The van der Waals surface area contributed by atoms with Crippen molar-refractivity contribution >= 4 is 12.0 Å². The van der Waals surface area contributed by atoms with Crippen molar-refractivity contribution in [2.75, 3.05) is 13.6 Å². The van der Waals surface area contributed by atoms with Crippen LogP contribution in [0.1, 0.15) is 45.4 Å². The van der Waals surface area contributed by atoms with Crippen LogP contribution >= 0.6 is 0 Å². The number of hydrogen-bond acceptors (Lipinski definition) is 3. The van der Waals surface area contributed by atoms with Gasteiger partial charge in [0, 0.05) is 26.1 Å². The molecule has 0 aromatic heterocycles. The van der Waals surface area contributed by atoms with Gasteiger partial charge < -0.3 is 20.4 Å². The minimum Gasteiger partial charge on any atom is -0.479 e. The lowest BCUT2D eigenvalue weighted by atomic mass is 9.84. The van der Waals surface area contributed by atoms with Crippen LogP contribution < -0.4 is 5.32 Å². The summed E-state index contributed by atoms with van der Waals surface area (Å²) in [5.41, 5.74) is 0. The van der Waals surface area contributed by atoms with Crippen molar-refractivity contribution in [1.29, 1.82) is 0 Å². The zero-order valence-corrected chi connectivity index (χ0v) is 12.3. The highest BCUT2D eigenvalue weighted by molar-refractivity contribution is 5.74. The van der Waals surface area contributed by atoms with Gasteiger partial charge in [-0.15, -0.1) is 0 Å². The third-order valence-corrected chi connectivity index (χ3v) is 4.24. The summed E-state index contributed by atoms with van der Waals surface area (Å²) >= 11 is 0. The van der Waals surface area contributed by atoms with Crippen LogP contribution in [0.25, 0.3) is 0 Å². The first-order valence-electron chi connectivity index (χ1n) is 7.37. The third kappa shape index (κ3) is 5.00. The van der Waals surface area contributed by atoms with Gasteiger partial charge in [-0.2, -0.15) is 0 Å². The van der Waals surface area contributed by atoms with Crippen LogP contribution in [0.15, 0.2) is 0 Å². The predicted octanol–water partition coefficient (Wildman–Crippen LogP) is 1.43. The van der Waals surface area contributed by atoms with Gasteiger partial charge in [-0.25, -0.2) is 9.59 Å². The topological polar surface area (TPSA) is 89.9 Å². The molecule has 1 saturated carbocycles. The van der Waals surface area contributed by atoms with Crippen LogP contribution in [0.5, 0.6) is 0 Å². The fourth-order valence-corrected chi connectivity index (χ4v) is 2.67. The summed E-state index contributed by atoms with van der Waals surface area (Å²) in [6.07, 6.45) is 4.20.